The fourth-order valence-electron chi connectivity index (χ4n) is 3.86. The third-order valence-corrected chi connectivity index (χ3v) is 6.85. The average molecular weight is 798 g/mol. The van der Waals surface area contributed by atoms with Crippen molar-refractivity contribution < 1.29 is 54.1 Å². The van der Waals surface area contributed by atoms with Crippen molar-refractivity contribution in [2.45, 2.75) is 77.3 Å². The summed E-state index contributed by atoms with van der Waals surface area (Å²) in [6.45, 7) is 5.31. The average Bonchev–Trinajstić information content (AvgIpc) is 2.92. The molecule has 4 N–H and O–H groups in total. The molecule has 2 atom stereocenters. The van der Waals surface area contributed by atoms with Gasteiger partial charge < -0.3 is 38.8 Å². The molecule has 2 rings (SSSR count). The van der Waals surface area contributed by atoms with Crippen molar-refractivity contribution in [1.82, 2.24) is 10.6 Å². The molecule has 248 valence electrons. The number of carboxylic acid groups (broad SMARTS) is 2. The minimum atomic E-state index is -4.56. The largest absolute Gasteiger partial charge is 2.00 e. The summed E-state index contributed by atoms with van der Waals surface area (Å²) in [6, 6.07) is 9.86. The number of rotatable bonds is 20. The number of nitrogens with one attached hydrogen (secondary N) is 2. The van der Waals surface area contributed by atoms with E-state index >= 15 is 0 Å². The molecule has 0 spiro atoms. The fourth-order valence-corrected chi connectivity index (χ4v) is 4.57. The van der Waals surface area contributed by atoms with Gasteiger partial charge in [0.1, 0.15) is 11.5 Å². The predicted molar refractivity (Wildman–Crippen MR) is 163 cm³/mol. The van der Waals surface area contributed by atoms with E-state index < -0.39 is 44.8 Å². The molecule has 0 amide bonds. The third kappa shape index (κ3) is 21.7. The van der Waals surface area contributed by atoms with E-state index in [1.807, 2.05) is 0 Å². The summed E-state index contributed by atoms with van der Waals surface area (Å²) >= 11 is 0. The van der Waals surface area contributed by atoms with Crippen molar-refractivity contribution in [3.05, 3.63) is 59.7 Å². The third-order valence-electron chi connectivity index (χ3n) is 6.04. The normalized spacial score (nSPS) is 12.5. The Morgan fingerprint density at radius 3 is 1.22 bits per heavy atom. The predicted octanol–water partition coefficient (Wildman–Crippen LogP) is 0.237. The molecule has 2 aromatic rings. The molecule has 0 unspecified atom stereocenters. The Labute approximate surface area is 305 Å². The molecule has 0 saturated heterocycles. The Morgan fingerprint density at radius 1 is 0.667 bits per heavy atom. The molecule has 0 aliphatic rings. The number of carboxylic acids is 2. The van der Waals surface area contributed by atoms with Crippen molar-refractivity contribution in [3.63, 3.8) is 0 Å². The van der Waals surface area contributed by atoms with Gasteiger partial charge in [-0.1, -0.05) is 63.8 Å². The number of carbonyl (C=O) groups excluding carboxylic acids is 2. The molecule has 14 nitrogen and oxygen atoms in total. The second-order valence-corrected chi connectivity index (χ2v) is 11.8. The van der Waals surface area contributed by atoms with Gasteiger partial charge >= 0.3 is 69.7 Å². The topological polar surface area (TPSA) is 232 Å². The first-order valence-corrected chi connectivity index (χ1v) is 16.8. The minimum Gasteiger partial charge on any atom is -0.548 e. The van der Waals surface area contributed by atoms with Crippen LogP contribution in [0.2, 0.25) is 0 Å². The molecule has 0 aliphatic heterocycles. The molecular weight excluding hydrogens is 758 g/mol. The van der Waals surface area contributed by atoms with Gasteiger partial charge in [-0.2, -0.15) is 16.8 Å². The van der Waals surface area contributed by atoms with Crippen molar-refractivity contribution >= 4 is 81.6 Å². The maximum absolute atomic E-state index is 11.1. The quantitative estimate of drug-likeness (QED) is 0.0799. The minimum absolute atomic E-state index is 0. The second-order valence-electron chi connectivity index (χ2n) is 9.78. The van der Waals surface area contributed by atoms with Gasteiger partial charge in [0, 0.05) is 0 Å². The van der Waals surface area contributed by atoms with Gasteiger partial charge in [0.05, 0.1) is 24.0 Å². The van der Waals surface area contributed by atoms with E-state index in [0.29, 0.717) is 24.2 Å². The van der Waals surface area contributed by atoms with E-state index in [-0.39, 0.29) is 73.2 Å². The standard InChI is InChI=1S/2C14H21NO6S.Ba/c2*1-2-3-4-9-15-13(14(16)17)10-11-5-7-12(8-6-11)21-22(18,19)20;/h2*5-8,13,15H,2-4,9-10H2,1H3,(H,16,17)(H,18,19,20);/q;;+2/p-2/t2*13-;/m00./s1. The van der Waals surface area contributed by atoms with Crippen LogP contribution in [0.4, 0.5) is 0 Å². The van der Waals surface area contributed by atoms with Crippen molar-refractivity contribution in [2.75, 3.05) is 13.1 Å². The van der Waals surface area contributed by atoms with E-state index in [4.69, 9.17) is 9.11 Å². The van der Waals surface area contributed by atoms with Gasteiger partial charge in [0.15, 0.2) is 0 Å². The first-order valence-electron chi connectivity index (χ1n) is 14.0. The molecule has 17 heteroatoms. The molecule has 0 bridgehead atoms. The van der Waals surface area contributed by atoms with Gasteiger partial charge in [0.25, 0.3) is 0 Å². The summed E-state index contributed by atoms with van der Waals surface area (Å²) in [5, 5.41) is 28.1. The molecule has 0 aliphatic carbocycles. The van der Waals surface area contributed by atoms with E-state index in [2.05, 4.69) is 32.8 Å². The van der Waals surface area contributed by atoms with Crippen LogP contribution >= 0.6 is 0 Å². The summed E-state index contributed by atoms with van der Waals surface area (Å²) < 4.78 is 67.9. The molecule has 45 heavy (non-hydrogen) atoms. The Hall–Kier alpha value is -1.71. The van der Waals surface area contributed by atoms with Crippen LogP contribution < -0.4 is 29.2 Å². The number of unbranched alkanes of at least 4 members (excludes halogenated alkanes) is 4. The van der Waals surface area contributed by atoms with Gasteiger partial charge in [-0.05, 0) is 74.2 Å². The Morgan fingerprint density at radius 2 is 0.978 bits per heavy atom. The zero-order valence-corrected chi connectivity index (χ0v) is 31.4. The van der Waals surface area contributed by atoms with Crippen LogP contribution in [0.15, 0.2) is 48.5 Å². The second kappa shape index (κ2) is 22.8. The number of carbonyl (C=O) groups is 2. The molecule has 0 fully saturated rings. The molecule has 0 saturated carbocycles. The van der Waals surface area contributed by atoms with E-state index in [1.165, 1.54) is 48.5 Å². The smallest absolute Gasteiger partial charge is 0.548 e. The maximum Gasteiger partial charge on any atom is 2.00 e. The Kier molecular flexibility index (Phi) is 21.9. The van der Waals surface area contributed by atoms with Crippen LogP contribution in [0.5, 0.6) is 11.5 Å². The number of aliphatic carboxylic acids is 2. The molecule has 0 heterocycles. The first-order chi connectivity index (χ1) is 20.6. The maximum atomic E-state index is 11.1. The van der Waals surface area contributed by atoms with Gasteiger partial charge in [-0.25, -0.2) is 0 Å². The monoisotopic (exact) mass is 798 g/mol. The van der Waals surface area contributed by atoms with E-state index in [9.17, 15) is 36.6 Å². The summed E-state index contributed by atoms with van der Waals surface area (Å²) in [4.78, 5) is 22.2. The Bertz CT molecular complexity index is 1250. The van der Waals surface area contributed by atoms with E-state index in [1.54, 1.807) is 0 Å². The SMILES string of the molecule is CCCCCN[C@@H](Cc1ccc(OS(=O)(=O)O)cc1)C(=O)[O-].CCCCCN[C@@H](Cc1ccc(OS(=O)(=O)O)cc1)C(=O)[O-].[Ba+2]. The summed E-state index contributed by atoms with van der Waals surface area (Å²) in [6.07, 6.45) is 6.34. The first kappa shape index (κ1) is 43.3. The molecule has 2 aromatic carbocycles. The van der Waals surface area contributed by atoms with Crippen molar-refractivity contribution in [1.29, 1.82) is 0 Å². The van der Waals surface area contributed by atoms with Crippen LogP contribution in [0.1, 0.15) is 63.5 Å². The number of hydrogen-bond donors (Lipinski definition) is 4. The van der Waals surface area contributed by atoms with Crippen LogP contribution in [0.25, 0.3) is 0 Å². The fraction of sp³-hybridized carbons (Fsp3) is 0.500. The van der Waals surface area contributed by atoms with Gasteiger partial charge in [-0.15, -0.1) is 0 Å². The van der Waals surface area contributed by atoms with Crippen LogP contribution in [-0.2, 0) is 43.2 Å². The van der Waals surface area contributed by atoms with Gasteiger partial charge in [0.2, 0.25) is 0 Å². The molecular formula is C28H40BaN2O12S2. The number of hydrogen-bond acceptors (Lipinski definition) is 12. The van der Waals surface area contributed by atoms with Crippen LogP contribution in [-0.4, -0.2) is 112 Å². The van der Waals surface area contributed by atoms with Gasteiger partial charge in [-0.3, -0.25) is 9.11 Å². The zero-order chi connectivity index (χ0) is 33.2. The number of benzene rings is 2. The Balaban J connectivity index is 0.000000842. The zero-order valence-electron chi connectivity index (χ0n) is 25.3. The summed E-state index contributed by atoms with van der Waals surface area (Å²) in [7, 11) is -9.12. The van der Waals surface area contributed by atoms with E-state index in [0.717, 1.165) is 38.5 Å². The van der Waals surface area contributed by atoms with Crippen LogP contribution in [0, 0.1) is 0 Å². The van der Waals surface area contributed by atoms with Crippen molar-refractivity contribution in [2.24, 2.45) is 0 Å². The summed E-state index contributed by atoms with van der Waals surface area (Å²) in [5.74, 6) is -2.47. The molecule has 0 aromatic heterocycles. The van der Waals surface area contributed by atoms with Crippen molar-refractivity contribution in [3.8, 4) is 11.5 Å². The molecule has 0 radical (unpaired) electrons. The summed E-state index contributed by atoms with van der Waals surface area (Å²) in [5.41, 5.74) is 1.36. The van der Waals surface area contributed by atoms with Crippen LogP contribution in [0.3, 0.4) is 0 Å².